The fourth-order valence-corrected chi connectivity index (χ4v) is 2.98. The predicted molar refractivity (Wildman–Crippen MR) is 104 cm³/mol. The molecule has 0 N–H and O–H groups in total. The van der Waals surface area contributed by atoms with E-state index < -0.39 is 5.97 Å². The van der Waals surface area contributed by atoms with E-state index in [1.807, 2.05) is 6.07 Å². The minimum Gasteiger partial charge on any atom is -0.490 e. The van der Waals surface area contributed by atoms with Gasteiger partial charge in [0.05, 0.1) is 34.2 Å². The van der Waals surface area contributed by atoms with Crippen molar-refractivity contribution in [3.63, 3.8) is 0 Å². The van der Waals surface area contributed by atoms with E-state index in [4.69, 9.17) is 26.3 Å². The first kappa shape index (κ1) is 19.4. The van der Waals surface area contributed by atoms with Crippen LogP contribution in [0.15, 0.2) is 41.2 Å². The number of nitriles is 1. The quantitative estimate of drug-likeness (QED) is 0.484. The Kier molecular flexibility index (Phi) is 5.62. The highest BCUT2D eigenvalue weighted by atomic mass is 35.5. The molecule has 3 aromatic rings. The number of hydrogen-bond acceptors (Lipinski definition) is 6. The Hall–Kier alpha value is -3.37. The number of hydrogen-bond donors (Lipinski definition) is 0. The Labute approximate surface area is 165 Å². The van der Waals surface area contributed by atoms with E-state index in [9.17, 15) is 9.59 Å². The molecule has 0 aliphatic rings. The number of rotatable bonds is 5. The Morgan fingerprint density at radius 2 is 2.07 bits per heavy atom. The van der Waals surface area contributed by atoms with Gasteiger partial charge in [0.1, 0.15) is 12.4 Å². The smallest absolute Gasteiger partial charge is 0.331 e. The van der Waals surface area contributed by atoms with E-state index in [1.54, 1.807) is 38.1 Å². The van der Waals surface area contributed by atoms with Crippen molar-refractivity contribution in [3.05, 3.63) is 63.2 Å². The first-order valence-electron chi connectivity index (χ1n) is 8.48. The van der Waals surface area contributed by atoms with Crippen molar-refractivity contribution >= 4 is 28.5 Å². The van der Waals surface area contributed by atoms with Crippen LogP contribution in [0, 0.1) is 18.3 Å². The lowest BCUT2D eigenvalue weighted by Crippen LogP contribution is -2.29. The van der Waals surface area contributed by atoms with Crippen LogP contribution in [-0.2, 0) is 11.3 Å². The molecule has 0 radical (unpaired) electrons. The molecular formula is C20H16ClN3O4. The maximum Gasteiger partial charge on any atom is 0.331 e. The Morgan fingerprint density at radius 3 is 2.79 bits per heavy atom. The van der Waals surface area contributed by atoms with Crippen LogP contribution in [0.5, 0.6) is 11.5 Å². The molecule has 8 heteroatoms. The molecule has 0 spiro atoms. The van der Waals surface area contributed by atoms with Gasteiger partial charge in [-0.1, -0.05) is 23.7 Å². The van der Waals surface area contributed by atoms with Gasteiger partial charge in [0.25, 0.3) is 5.56 Å². The summed E-state index contributed by atoms with van der Waals surface area (Å²) in [7, 11) is 0. The molecule has 0 aliphatic carbocycles. The summed E-state index contributed by atoms with van der Waals surface area (Å²) in [6, 6.07) is 11.7. The lowest BCUT2D eigenvalue weighted by molar-refractivity contribution is -0.135. The van der Waals surface area contributed by atoms with Gasteiger partial charge in [0.15, 0.2) is 11.5 Å². The van der Waals surface area contributed by atoms with Crippen LogP contribution < -0.4 is 15.0 Å². The third-order valence-corrected chi connectivity index (χ3v) is 4.27. The summed E-state index contributed by atoms with van der Waals surface area (Å²) >= 11 is 6.15. The monoisotopic (exact) mass is 397 g/mol. The summed E-state index contributed by atoms with van der Waals surface area (Å²) in [6.45, 7) is 3.34. The fourth-order valence-electron chi connectivity index (χ4n) is 2.73. The molecule has 0 fully saturated rings. The Morgan fingerprint density at radius 1 is 1.32 bits per heavy atom. The van der Waals surface area contributed by atoms with Crippen LogP contribution in [0.3, 0.4) is 0 Å². The van der Waals surface area contributed by atoms with Crippen LogP contribution in [0.1, 0.15) is 18.3 Å². The summed E-state index contributed by atoms with van der Waals surface area (Å²) in [6.07, 6.45) is 0. The number of halogens is 1. The molecule has 0 amide bonds. The first-order chi connectivity index (χ1) is 13.4. The molecule has 0 saturated carbocycles. The van der Waals surface area contributed by atoms with Crippen LogP contribution in [0.4, 0.5) is 0 Å². The molecule has 0 aliphatic heterocycles. The van der Waals surface area contributed by atoms with E-state index in [1.165, 1.54) is 16.7 Å². The standard InChI is InChI=1S/C20H16ClN3O4/c1-3-27-17-9-13(10-22)8-15(21)19(17)28-18(25)11-24-12(2)23-16-7-5-4-6-14(16)20(24)26/h4-9H,3,11H2,1-2H3. The second-order valence-corrected chi connectivity index (χ2v) is 6.28. The largest absolute Gasteiger partial charge is 0.490 e. The normalized spacial score (nSPS) is 10.5. The number of ether oxygens (including phenoxy) is 2. The minimum absolute atomic E-state index is 0.00645. The van der Waals surface area contributed by atoms with Crippen molar-refractivity contribution in [2.75, 3.05) is 6.61 Å². The maximum atomic E-state index is 12.7. The van der Waals surface area contributed by atoms with E-state index in [0.717, 1.165) is 0 Å². The van der Waals surface area contributed by atoms with E-state index in [2.05, 4.69) is 4.98 Å². The molecule has 0 atom stereocenters. The Bertz CT molecular complexity index is 1160. The zero-order valence-electron chi connectivity index (χ0n) is 15.2. The zero-order chi connectivity index (χ0) is 20.3. The van der Waals surface area contributed by atoms with Gasteiger partial charge in [-0.3, -0.25) is 9.36 Å². The average Bonchev–Trinajstić information content (AvgIpc) is 2.67. The molecular weight excluding hydrogens is 382 g/mol. The summed E-state index contributed by atoms with van der Waals surface area (Å²) in [5.41, 5.74) is 0.499. The SMILES string of the molecule is CCOc1cc(C#N)cc(Cl)c1OC(=O)Cn1c(C)nc2ccccc2c1=O. The van der Waals surface area contributed by atoms with Gasteiger partial charge >= 0.3 is 5.97 Å². The van der Waals surface area contributed by atoms with E-state index in [0.29, 0.717) is 23.3 Å². The van der Waals surface area contributed by atoms with Crippen LogP contribution >= 0.6 is 11.6 Å². The highest BCUT2D eigenvalue weighted by Gasteiger charge is 2.18. The van der Waals surface area contributed by atoms with Gasteiger partial charge in [-0.2, -0.15) is 5.26 Å². The topological polar surface area (TPSA) is 94.2 Å². The molecule has 1 aromatic heterocycles. The van der Waals surface area contributed by atoms with E-state index in [-0.39, 0.29) is 34.2 Å². The summed E-state index contributed by atoms with van der Waals surface area (Å²) in [5, 5.41) is 9.53. The molecule has 28 heavy (non-hydrogen) atoms. The van der Waals surface area contributed by atoms with Crippen molar-refractivity contribution in [1.82, 2.24) is 9.55 Å². The molecule has 0 unspecified atom stereocenters. The first-order valence-corrected chi connectivity index (χ1v) is 8.85. The molecule has 142 valence electrons. The van der Waals surface area contributed by atoms with Crippen LogP contribution in [-0.4, -0.2) is 22.1 Å². The number of benzene rings is 2. The average molecular weight is 398 g/mol. The van der Waals surface area contributed by atoms with Crippen LogP contribution in [0.25, 0.3) is 10.9 Å². The molecule has 0 bridgehead atoms. The molecule has 3 rings (SSSR count). The lowest BCUT2D eigenvalue weighted by Gasteiger charge is -2.14. The van der Waals surface area contributed by atoms with Crippen LogP contribution in [0.2, 0.25) is 5.02 Å². The molecule has 0 saturated heterocycles. The minimum atomic E-state index is -0.713. The number of nitrogens with zero attached hydrogens (tertiary/aromatic N) is 3. The number of carbonyl (C=O) groups excluding carboxylic acids is 1. The van der Waals surface area contributed by atoms with Gasteiger partial charge < -0.3 is 9.47 Å². The lowest BCUT2D eigenvalue weighted by atomic mass is 10.2. The third kappa shape index (κ3) is 3.82. The second-order valence-electron chi connectivity index (χ2n) is 5.87. The number of aryl methyl sites for hydroxylation is 1. The van der Waals surface area contributed by atoms with Crippen molar-refractivity contribution in [2.24, 2.45) is 0 Å². The summed E-state index contributed by atoms with van der Waals surface area (Å²) < 4.78 is 12.0. The summed E-state index contributed by atoms with van der Waals surface area (Å²) in [5.74, 6) is -0.140. The van der Waals surface area contributed by atoms with Gasteiger partial charge in [0, 0.05) is 6.07 Å². The number of aromatic nitrogens is 2. The number of carbonyl (C=O) groups is 1. The van der Waals surface area contributed by atoms with E-state index >= 15 is 0 Å². The maximum absolute atomic E-state index is 12.7. The predicted octanol–water partition coefficient (Wildman–Crippen LogP) is 3.23. The molecule has 7 nitrogen and oxygen atoms in total. The van der Waals surface area contributed by atoms with Gasteiger partial charge in [-0.25, -0.2) is 9.78 Å². The van der Waals surface area contributed by atoms with Crippen molar-refractivity contribution in [2.45, 2.75) is 20.4 Å². The third-order valence-electron chi connectivity index (χ3n) is 3.99. The van der Waals surface area contributed by atoms with Crippen molar-refractivity contribution in [1.29, 1.82) is 5.26 Å². The van der Waals surface area contributed by atoms with Gasteiger partial charge in [-0.15, -0.1) is 0 Å². The fraction of sp³-hybridized carbons (Fsp3) is 0.200. The van der Waals surface area contributed by atoms with Crippen molar-refractivity contribution < 1.29 is 14.3 Å². The van der Waals surface area contributed by atoms with Gasteiger partial charge in [-0.05, 0) is 32.0 Å². The highest BCUT2D eigenvalue weighted by Crippen LogP contribution is 2.36. The summed E-state index contributed by atoms with van der Waals surface area (Å²) in [4.78, 5) is 29.5. The number of para-hydroxylation sites is 1. The second kappa shape index (κ2) is 8.11. The van der Waals surface area contributed by atoms with Crippen molar-refractivity contribution in [3.8, 4) is 17.6 Å². The molecule has 1 heterocycles. The number of esters is 1. The van der Waals surface area contributed by atoms with Gasteiger partial charge in [0.2, 0.25) is 0 Å². The zero-order valence-corrected chi connectivity index (χ0v) is 16.0. The molecule has 2 aromatic carbocycles. The Balaban J connectivity index is 1.93. The number of fused-ring (bicyclic) bond motifs is 1. The highest BCUT2D eigenvalue weighted by molar-refractivity contribution is 6.32.